The van der Waals surface area contributed by atoms with Crippen molar-refractivity contribution in [1.29, 1.82) is 0 Å². The van der Waals surface area contributed by atoms with Crippen LogP contribution in [0.2, 0.25) is 0 Å². The van der Waals surface area contributed by atoms with Crippen molar-refractivity contribution in [2.45, 2.75) is 19.4 Å². The lowest BCUT2D eigenvalue weighted by Gasteiger charge is -2.14. The van der Waals surface area contributed by atoms with Crippen molar-refractivity contribution in [2.75, 3.05) is 0 Å². The quantitative estimate of drug-likeness (QED) is 0.668. The first kappa shape index (κ1) is 14.9. The molecule has 2 aromatic rings. The third kappa shape index (κ3) is 3.35. The molecule has 2 aromatic carbocycles. The summed E-state index contributed by atoms with van der Waals surface area (Å²) in [4.78, 5) is 10.2. The fourth-order valence-corrected chi connectivity index (χ4v) is 1.91. The van der Waals surface area contributed by atoms with Gasteiger partial charge in [0.25, 0.3) is 0 Å². The molecule has 0 saturated heterocycles. The van der Waals surface area contributed by atoms with E-state index in [4.69, 9.17) is 4.74 Å². The van der Waals surface area contributed by atoms with Gasteiger partial charge in [0.1, 0.15) is 11.6 Å². The highest BCUT2D eigenvalue weighted by atomic mass is 19.1. The molecule has 0 amide bonds. The van der Waals surface area contributed by atoms with Gasteiger partial charge in [-0.1, -0.05) is 25.1 Å². The average Bonchev–Trinajstić information content (AvgIpc) is 2.48. The summed E-state index contributed by atoms with van der Waals surface area (Å²) >= 11 is 0. The molecule has 0 radical (unpaired) electrons. The van der Waals surface area contributed by atoms with Gasteiger partial charge < -0.3 is 9.84 Å². The van der Waals surface area contributed by atoms with Crippen LogP contribution in [0.15, 0.2) is 42.5 Å². The molecule has 0 spiro atoms. The van der Waals surface area contributed by atoms with Crippen LogP contribution in [0.3, 0.4) is 0 Å². The van der Waals surface area contributed by atoms with Gasteiger partial charge in [-0.3, -0.25) is 10.1 Å². The lowest BCUT2D eigenvalue weighted by molar-refractivity contribution is -0.385. The zero-order valence-electron chi connectivity index (χ0n) is 11.3. The first-order valence-corrected chi connectivity index (χ1v) is 6.41. The van der Waals surface area contributed by atoms with Crippen molar-refractivity contribution in [2.24, 2.45) is 0 Å². The van der Waals surface area contributed by atoms with Gasteiger partial charge in [-0.05, 0) is 24.6 Å². The number of ether oxygens (including phenoxy) is 1. The predicted octanol–water partition coefficient (Wildman–Crippen LogP) is 3.97. The zero-order valence-corrected chi connectivity index (χ0v) is 11.3. The Hall–Kier alpha value is -2.47. The molecule has 0 aliphatic carbocycles. The van der Waals surface area contributed by atoms with E-state index < -0.39 is 22.5 Å². The van der Waals surface area contributed by atoms with Crippen molar-refractivity contribution in [3.8, 4) is 11.5 Å². The lowest BCUT2D eigenvalue weighted by atomic mass is 10.1. The molecule has 2 rings (SSSR count). The van der Waals surface area contributed by atoms with E-state index in [-0.39, 0.29) is 5.75 Å². The van der Waals surface area contributed by atoms with E-state index in [1.807, 2.05) is 6.92 Å². The number of hydrogen-bond donors (Lipinski definition) is 1. The molecule has 6 heteroatoms. The van der Waals surface area contributed by atoms with Gasteiger partial charge in [0.15, 0.2) is 0 Å². The minimum Gasteiger partial charge on any atom is -0.450 e. The molecule has 0 aliphatic heterocycles. The van der Waals surface area contributed by atoms with Crippen LogP contribution in [-0.2, 0) is 0 Å². The molecule has 1 atom stereocenters. The van der Waals surface area contributed by atoms with Crippen LogP contribution >= 0.6 is 0 Å². The van der Waals surface area contributed by atoms with Gasteiger partial charge in [0.05, 0.1) is 17.1 Å². The molecule has 21 heavy (non-hydrogen) atoms. The Morgan fingerprint density at radius 1 is 1.29 bits per heavy atom. The second kappa shape index (κ2) is 6.32. The Bertz CT molecular complexity index is 660. The summed E-state index contributed by atoms with van der Waals surface area (Å²) in [5.74, 6) is -0.477. The van der Waals surface area contributed by atoms with E-state index in [0.717, 1.165) is 12.1 Å². The van der Waals surface area contributed by atoms with Crippen LogP contribution in [-0.4, -0.2) is 10.0 Å². The summed E-state index contributed by atoms with van der Waals surface area (Å²) in [5, 5.41) is 20.9. The van der Waals surface area contributed by atoms with Crippen LogP contribution < -0.4 is 4.74 Å². The number of nitro groups is 1. The number of rotatable bonds is 5. The fourth-order valence-electron chi connectivity index (χ4n) is 1.91. The standard InChI is InChI=1S/C15H14FNO4/c1-2-13(18)11-5-3-4-6-14(11)21-15-8-7-10(16)9-12(15)17(19)20/h3-9,13,18H,2H2,1H3/t13-/m0/s1. The van der Waals surface area contributed by atoms with Gasteiger partial charge in [-0.15, -0.1) is 0 Å². The summed E-state index contributed by atoms with van der Waals surface area (Å²) in [7, 11) is 0. The monoisotopic (exact) mass is 291 g/mol. The number of benzene rings is 2. The number of nitro benzene ring substituents is 1. The Kier molecular flexibility index (Phi) is 4.49. The molecule has 0 aromatic heterocycles. The topological polar surface area (TPSA) is 72.6 Å². The molecule has 0 unspecified atom stereocenters. The number of para-hydroxylation sites is 1. The van der Waals surface area contributed by atoms with Crippen LogP contribution in [0.5, 0.6) is 11.5 Å². The highest BCUT2D eigenvalue weighted by Crippen LogP contribution is 2.35. The van der Waals surface area contributed by atoms with Crippen molar-refractivity contribution in [3.63, 3.8) is 0 Å². The summed E-state index contributed by atoms with van der Waals surface area (Å²) in [6.45, 7) is 1.81. The van der Waals surface area contributed by atoms with Crippen molar-refractivity contribution in [3.05, 3.63) is 64.0 Å². The zero-order chi connectivity index (χ0) is 15.4. The molecule has 0 fully saturated rings. The molecule has 0 saturated carbocycles. The van der Waals surface area contributed by atoms with Crippen molar-refractivity contribution >= 4 is 5.69 Å². The second-order valence-electron chi connectivity index (χ2n) is 4.43. The van der Waals surface area contributed by atoms with E-state index in [0.29, 0.717) is 17.7 Å². The van der Waals surface area contributed by atoms with Crippen LogP contribution in [0.25, 0.3) is 0 Å². The molecule has 5 nitrogen and oxygen atoms in total. The van der Waals surface area contributed by atoms with E-state index in [2.05, 4.69) is 0 Å². The van der Waals surface area contributed by atoms with Crippen LogP contribution in [0.4, 0.5) is 10.1 Å². The number of halogens is 1. The normalized spacial score (nSPS) is 12.0. The maximum absolute atomic E-state index is 13.1. The summed E-state index contributed by atoms with van der Waals surface area (Å²) in [5.41, 5.74) is 0.0643. The Morgan fingerprint density at radius 2 is 2.00 bits per heavy atom. The Labute approximate surface area is 120 Å². The SMILES string of the molecule is CC[C@H](O)c1ccccc1Oc1ccc(F)cc1[N+](=O)[O-]. The molecule has 0 heterocycles. The maximum atomic E-state index is 13.1. The highest BCUT2D eigenvalue weighted by molar-refractivity contribution is 5.50. The minimum absolute atomic E-state index is 0.0721. The van der Waals surface area contributed by atoms with Crippen molar-refractivity contribution < 1.29 is 19.2 Å². The molecule has 0 aliphatic rings. The van der Waals surface area contributed by atoms with Gasteiger partial charge in [-0.2, -0.15) is 0 Å². The van der Waals surface area contributed by atoms with Gasteiger partial charge >= 0.3 is 5.69 Å². The third-order valence-corrected chi connectivity index (χ3v) is 3.00. The van der Waals surface area contributed by atoms with E-state index in [1.165, 1.54) is 6.07 Å². The van der Waals surface area contributed by atoms with E-state index in [1.54, 1.807) is 24.3 Å². The van der Waals surface area contributed by atoms with Gasteiger partial charge in [-0.25, -0.2) is 4.39 Å². The largest absolute Gasteiger partial charge is 0.450 e. The van der Waals surface area contributed by atoms with Crippen LogP contribution in [0.1, 0.15) is 25.0 Å². The third-order valence-electron chi connectivity index (χ3n) is 3.00. The van der Waals surface area contributed by atoms with E-state index >= 15 is 0 Å². The lowest BCUT2D eigenvalue weighted by Crippen LogP contribution is -2.00. The molecule has 0 bridgehead atoms. The van der Waals surface area contributed by atoms with Gasteiger partial charge in [0, 0.05) is 5.56 Å². The first-order valence-electron chi connectivity index (χ1n) is 6.41. The summed E-state index contributed by atoms with van der Waals surface area (Å²) in [6, 6.07) is 9.79. The fraction of sp³-hybridized carbons (Fsp3) is 0.200. The minimum atomic E-state index is -0.735. The van der Waals surface area contributed by atoms with Gasteiger partial charge in [0.2, 0.25) is 5.75 Å². The highest BCUT2D eigenvalue weighted by Gasteiger charge is 2.19. The maximum Gasteiger partial charge on any atom is 0.314 e. The average molecular weight is 291 g/mol. The number of aliphatic hydroxyl groups is 1. The summed E-state index contributed by atoms with van der Waals surface area (Å²) in [6.07, 6.45) is -0.257. The second-order valence-corrected chi connectivity index (χ2v) is 4.43. The molecule has 110 valence electrons. The van der Waals surface area contributed by atoms with Crippen LogP contribution in [0, 0.1) is 15.9 Å². The summed E-state index contributed by atoms with van der Waals surface area (Å²) < 4.78 is 18.6. The number of nitrogens with zero attached hydrogens (tertiary/aromatic N) is 1. The molecule has 1 N–H and O–H groups in total. The number of aliphatic hydroxyl groups excluding tert-OH is 1. The Balaban J connectivity index is 2.41. The predicted molar refractivity (Wildman–Crippen MR) is 74.8 cm³/mol. The molecular formula is C15H14FNO4. The van der Waals surface area contributed by atoms with Crippen molar-refractivity contribution in [1.82, 2.24) is 0 Å². The molecular weight excluding hydrogens is 277 g/mol. The number of hydrogen-bond acceptors (Lipinski definition) is 4. The smallest absolute Gasteiger partial charge is 0.314 e. The first-order chi connectivity index (χ1) is 10.0. The Morgan fingerprint density at radius 3 is 2.67 bits per heavy atom. The van der Waals surface area contributed by atoms with E-state index in [9.17, 15) is 19.6 Å².